The molecule has 0 amide bonds. The average Bonchev–Trinajstić information content (AvgIpc) is 3.04. The number of nitrogens with zero attached hydrogens (tertiary/aromatic N) is 1. The van der Waals surface area contributed by atoms with Gasteiger partial charge in [-0.1, -0.05) is 11.6 Å². The lowest BCUT2D eigenvalue weighted by Gasteiger charge is -2.38. The van der Waals surface area contributed by atoms with Crippen molar-refractivity contribution < 1.29 is 0 Å². The Balaban J connectivity index is 1.44. The molecule has 0 spiro atoms. The number of nitrogens with one attached hydrogen (secondary N) is 1. The lowest BCUT2D eigenvalue weighted by molar-refractivity contribution is 0.159. The van der Waals surface area contributed by atoms with Crippen molar-refractivity contribution in [1.82, 2.24) is 10.2 Å². The second kappa shape index (κ2) is 5.60. The van der Waals surface area contributed by atoms with Crippen molar-refractivity contribution >= 4 is 22.9 Å². The molecule has 20 heavy (non-hydrogen) atoms. The van der Waals surface area contributed by atoms with Crippen molar-refractivity contribution in [3.8, 4) is 0 Å². The summed E-state index contributed by atoms with van der Waals surface area (Å²) in [5.74, 6) is 0. The molecule has 4 rings (SSSR count). The van der Waals surface area contributed by atoms with E-state index in [9.17, 15) is 0 Å². The van der Waals surface area contributed by atoms with Crippen LogP contribution in [0.4, 0.5) is 0 Å². The molecule has 3 atom stereocenters. The molecule has 0 aromatic carbocycles. The van der Waals surface area contributed by atoms with Gasteiger partial charge in [0.15, 0.2) is 0 Å². The fraction of sp³-hybridized carbons (Fsp3) is 0.750. The molecular formula is C16H23ClN2S. The topological polar surface area (TPSA) is 15.3 Å². The molecule has 2 nitrogen and oxygen atoms in total. The van der Waals surface area contributed by atoms with Crippen LogP contribution in [0.3, 0.4) is 0 Å². The summed E-state index contributed by atoms with van der Waals surface area (Å²) in [7, 11) is 0. The van der Waals surface area contributed by atoms with Gasteiger partial charge in [-0.3, -0.25) is 0 Å². The Morgan fingerprint density at radius 2 is 2.15 bits per heavy atom. The van der Waals surface area contributed by atoms with Crippen LogP contribution in [0.2, 0.25) is 4.34 Å². The maximum absolute atomic E-state index is 6.22. The minimum Gasteiger partial charge on any atom is -0.307 e. The lowest BCUT2D eigenvalue weighted by Crippen LogP contribution is -2.46. The number of hydrogen-bond donors (Lipinski definition) is 1. The second-order valence-electron chi connectivity index (χ2n) is 6.59. The Morgan fingerprint density at radius 1 is 1.20 bits per heavy atom. The molecule has 2 fully saturated rings. The van der Waals surface area contributed by atoms with Crippen LogP contribution in [0.1, 0.15) is 55.0 Å². The van der Waals surface area contributed by atoms with E-state index in [1.54, 1.807) is 11.3 Å². The molecule has 0 saturated carbocycles. The maximum Gasteiger partial charge on any atom is 0.0934 e. The van der Waals surface area contributed by atoms with E-state index in [0.717, 1.165) is 10.4 Å². The molecule has 1 aromatic rings. The van der Waals surface area contributed by atoms with Crippen LogP contribution in [0.25, 0.3) is 0 Å². The molecule has 2 saturated heterocycles. The summed E-state index contributed by atoms with van der Waals surface area (Å²) >= 11 is 8.00. The number of fused-ring (bicyclic) bond motifs is 2. The monoisotopic (exact) mass is 310 g/mol. The molecular weight excluding hydrogens is 288 g/mol. The number of hydrogen-bond acceptors (Lipinski definition) is 3. The van der Waals surface area contributed by atoms with Crippen molar-refractivity contribution in [2.24, 2.45) is 0 Å². The first-order valence-corrected chi connectivity index (χ1v) is 9.27. The summed E-state index contributed by atoms with van der Waals surface area (Å²) in [6.07, 6.45) is 9.31. The van der Waals surface area contributed by atoms with E-state index in [4.69, 9.17) is 11.6 Å². The quantitative estimate of drug-likeness (QED) is 0.888. The molecule has 1 aliphatic carbocycles. The number of rotatable bonds is 2. The van der Waals surface area contributed by atoms with Crippen molar-refractivity contribution in [2.45, 2.75) is 63.1 Å². The Hall–Kier alpha value is -0.0900. The summed E-state index contributed by atoms with van der Waals surface area (Å²) in [6.45, 7) is 2.64. The fourth-order valence-electron chi connectivity index (χ4n) is 4.35. The Kier molecular flexibility index (Phi) is 3.80. The highest BCUT2D eigenvalue weighted by Crippen LogP contribution is 2.39. The van der Waals surface area contributed by atoms with E-state index in [2.05, 4.69) is 16.3 Å². The zero-order valence-corrected chi connectivity index (χ0v) is 13.5. The molecule has 1 N–H and O–H groups in total. The minimum atomic E-state index is 0.556. The van der Waals surface area contributed by atoms with Gasteiger partial charge in [0.25, 0.3) is 0 Å². The van der Waals surface area contributed by atoms with Crippen LogP contribution in [-0.4, -0.2) is 30.1 Å². The fourth-order valence-corrected chi connectivity index (χ4v) is 5.74. The first-order valence-electron chi connectivity index (χ1n) is 8.08. The van der Waals surface area contributed by atoms with Gasteiger partial charge >= 0.3 is 0 Å². The summed E-state index contributed by atoms with van der Waals surface area (Å²) in [5, 5.41) is 3.96. The predicted molar refractivity (Wildman–Crippen MR) is 85.8 cm³/mol. The summed E-state index contributed by atoms with van der Waals surface area (Å²) in [4.78, 5) is 4.23. The Morgan fingerprint density at radius 3 is 3.10 bits per heavy atom. The molecule has 1 aromatic heterocycles. The SMILES string of the molecule is Clc1cc2c(s1)CCCC2NC1CCN2CCCC2C1. The lowest BCUT2D eigenvalue weighted by atomic mass is 9.91. The third-order valence-electron chi connectivity index (χ3n) is 5.34. The van der Waals surface area contributed by atoms with Gasteiger partial charge in [-0.15, -0.1) is 11.3 Å². The van der Waals surface area contributed by atoms with Gasteiger partial charge in [0.05, 0.1) is 4.34 Å². The number of aryl methyl sites for hydroxylation is 1. The molecule has 3 heterocycles. The van der Waals surface area contributed by atoms with Gasteiger partial charge < -0.3 is 10.2 Å². The first-order chi connectivity index (χ1) is 9.79. The van der Waals surface area contributed by atoms with Crippen molar-refractivity contribution in [1.29, 1.82) is 0 Å². The molecule has 3 aliphatic rings. The van der Waals surface area contributed by atoms with E-state index in [1.165, 1.54) is 68.5 Å². The molecule has 4 heteroatoms. The minimum absolute atomic E-state index is 0.556. The second-order valence-corrected chi connectivity index (χ2v) is 8.36. The van der Waals surface area contributed by atoms with Crippen LogP contribution in [-0.2, 0) is 6.42 Å². The van der Waals surface area contributed by atoms with Gasteiger partial charge in [0.1, 0.15) is 0 Å². The smallest absolute Gasteiger partial charge is 0.0934 e. The summed E-state index contributed by atoms with van der Waals surface area (Å²) in [5.41, 5.74) is 1.50. The average molecular weight is 311 g/mol. The van der Waals surface area contributed by atoms with Crippen molar-refractivity contribution in [3.05, 3.63) is 20.8 Å². The number of thiophene rings is 1. The van der Waals surface area contributed by atoms with Gasteiger partial charge in [-0.25, -0.2) is 0 Å². The first kappa shape index (κ1) is 13.6. The molecule has 3 unspecified atom stereocenters. The highest BCUT2D eigenvalue weighted by molar-refractivity contribution is 7.16. The van der Waals surface area contributed by atoms with Crippen LogP contribution >= 0.6 is 22.9 Å². The van der Waals surface area contributed by atoms with Crippen molar-refractivity contribution in [3.63, 3.8) is 0 Å². The predicted octanol–water partition coefficient (Wildman–Crippen LogP) is 4.00. The molecule has 0 bridgehead atoms. The van der Waals surface area contributed by atoms with Crippen LogP contribution in [0.5, 0.6) is 0 Å². The van der Waals surface area contributed by atoms with Crippen molar-refractivity contribution in [2.75, 3.05) is 13.1 Å². The third-order valence-corrected chi connectivity index (χ3v) is 6.68. The van der Waals surface area contributed by atoms with E-state index < -0.39 is 0 Å². The van der Waals surface area contributed by atoms with Gasteiger partial charge in [-0.05, 0) is 69.7 Å². The van der Waals surface area contributed by atoms with Gasteiger partial charge in [0.2, 0.25) is 0 Å². The van der Waals surface area contributed by atoms with E-state index in [-0.39, 0.29) is 0 Å². The molecule has 0 radical (unpaired) electrons. The molecule has 110 valence electrons. The zero-order valence-electron chi connectivity index (χ0n) is 11.9. The number of halogens is 1. The number of piperidine rings is 1. The standard InChI is InChI=1S/C16H23ClN2S/c17-16-10-13-14(4-1-5-15(13)20-16)18-11-6-8-19-7-2-3-12(19)9-11/h10-12,14,18H,1-9H2. The van der Waals surface area contributed by atoms with Crippen LogP contribution in [0.15, 0.2) is 6.07 Å². The highest BCUT2D eigenvalue weighted by Gasteiger charge is 2.33. The van der Waals surface area contributed by atoms with E-state index in [1.807, 2.05) is 0 Å². The van der Waals surface area contributed by atoms with Crippen LogP contribution in [0, 0.1) is 0 Å². The molecule has 2 aliphatic heterocycles. The van der Waals surface area contributed by atoms with E-state index in [0.29, 0.717) is 12.1 Å². The summed E-state index contributed by atoms with van der Waals surface area (Å²) < 4.78 is 0.967. The van der Waals surface area contributed by atoms with Gasteiger partial charge in [0, 0.05) is 23.0 Å². The van der Waals surface area contributed by atoms with Crippen LogP contribution < -0.4 is 5.32 Å². The van der Waals surface area contributed by atoms with E-state index >= 15 is 0 Å². The maximum atomic E-state index is 6.22. The Bertz CT molecular complexity index is 487. The highest BCUT2D eigenvalue weighted by atomic mass is 35.5. The normalized spacial score (nSPS) is 34.0. The summed E-state index contributed by atoms with van der Waals surface area (Å²) in [6, 6.07) is 4.34. The van der Waals surface area contributed by atoms with Gasteiger partial charge in [-0.2, -0.15) is 0 Å². The third kappa shape index (κ3) is 2.54. The zero-order chi connectivity index (χ0) is 13.5. The Labute approximate surface area is 130 Å². The largest absolute Gasteiger partial charge is 0.307 e.